The molecule has 0 heterocycles. The summed E-state index contributed by atoms with van der Waals surface area (Å²) in [5, 5.41) is 0. The number of benzene rings is 2. The quantitative estimate of drug-likeness (QED) is 0.188. The lowest BCUT2D eigenvalue weighted by Crippen LogP contribution is -2.32. The predicted octanol–water partition coefficient (Wildman–Crippen LogP) is 5.14. The average Bonchev–Trinajstić information content (AvgIpc) is 2.78. The van der Waals surface area contributed by atoms with Crippen LogP contribution in [0.2, 0.25) is 0 Å². The highest BCUT2D eigenvalue weighted by Crippen LogP contribution is 2.21. The highest BCUT2D eigenvalue weighted by Gasteiger charge is 2.23. The van der Waals surface area contributed by atoms with E-state index in [0.29, 0.717) is 5.57 Å². The maximum atomic E-state index is 13.2. The highest BCUT2D eigenvalue weighted by molar-refractivity contribution is 14.1. The second kappa shape index (κ2) is 12.0. The monoisotopic (exact) mass is 551 g/mol. The van der Waals surface area contributed by atoms with Crippen molar-refractivity contribution in [2.24, 2.45) is 0 Å². The summed E-state index contributed by atoms with van der Waals surface area (Å²) in [7, 11) is -2.37. The van der Waals surface area contributed by atoms with E-state index in [2.05, 4.69) is 22.6 Å². The SMILES string of the molecule is C/C=C(\I)CN(C/C=C/C(=C\C(=O)OC)c1ccccc1)S(=O)(=O)c1ccc(C)cc1. The van der Waals surface area contributed by atoms with E-state index in [1.807, 2.05) is 50.3 Å². The van der Waals surface area contributed by atoms with Crippen molar-refractivity contribution in [1.82, 2.24) is 4.31 Å². The summed E-state index contributed by atoms with van der Waals surface area (Å²) in [6.07, 6.45) is 6.76. The standard InChI is InChI=1S/C24H26INO4S/c1-4-22(25)18-26(31(28,29)23-14-12-19(2)13-15-23)16-8-11-21(17-24(27)30-3)20-9-6-5-7-10-20/h4-15,17H,16,18H2,1-3H3/b11-8+,21-17+,22-4-. The largest absolute Gasteiger partial charge is 0.466 e. The Balaban J connectivity index is 2.35. The molecule has 0 bridgehead atoms. The Labute approximate surface area is 198 Å². The molecule has 2 aromatic rings. The molecule has 0 aliphatic heterocycles. The molecule has 7 heteroatoms. The van der Waals surface area contributed by atoms with E-state index in [4.69, 9.17) is 4.74 Å². The second-order valence-corrected chi connectivity index (χ2v) is 10.1. The van der Waals surface area contributed by atoms with Crippen LogP contribution in [0.1, 0.15) is 18.1 Å². The van der Waals surface area contributed by atoms with Crippen LogP contribution in [0.15, 0.2) is 87.4 Å². The van der Waals surface area contributed by atoms with Crippen molar-refractivity contribution in [3.63, 3.8) is 0 Å². The Morgan fingerprint density at radius 1 is 1.10 bits per heavy atom. The molecule has 5 nitrogen and oxygen atoms in total. The van der Waals surface area contributed by atoms with E-state index in [0.717, 1.165) is 14.7 Å². The average molecular weight is 551 g/mol. The van der Waals surface area contributed by atoms with Crippen LogP contribution in [0.4, 0.5) is 0 Å². The number of allylic oxidation sites excluding steroid dienone is 3. The first kappa shape index (κ1) is 25.0. The van der Waals surface area contributed by atoms with Gasteiger partial charge in [0.2, 0.25) is 10.0 Å². The smallest absolute Gasteiger partial charge is 0.331 e. The van der Waals surface area contributed by atoms with Gasteiger partial charge in [-0.15, -0.1) is 0 Å². The Hall–Kier alpha value is -2.23. The Morgan fingerprint density at radius 3 is 2.32 bits per heavy atom. The lowest BCUT2D eigenvalue weighted by Gasteiger charge is -2.21. The Kier molecular flexibility index (Phi) is 9.67. The van der Waals surface area contributed by atoms with Gasteiger partial charge in [0.25, 0.3) is 0 Å². The van der Waals surface area contributed by atoms with Crippen molar-refractivity contribution in [2.75, 3.05) is 20.2 Å². The number of ether oxygens (including phenoxy) is 1. The topological polar surface area (TPSA) is 63.7 Å². The molecule has 31 heavy (non-hydrogen) atoms. The number of sulfonamides is 1. The first-order valence-electron chi connectivity index (χ1n) is 9.67. The predicted molar refractivity (Wildman–Crippen MR) is 133 cm³/mol. The fraction of sp³-hybridized carbons (Fsp3) is 0.208. The molecule has 0 spiro atoms. The second-order valence-electron chi connectivity index (χ2n) is 6.74. The molecule has 2 rings (SSSR count). The summed E-state index contributed by atoms with van der Waals surface area (Å²) >= 11 is 2.14. The van der Waals surface area contributed by atoms with E-state index in [1.165, 1.54) is 17.5 Å². The van der Waals surface area contributed by atoms with Crippen molar-refractivity contribution in [2.45, 2.75) is 18.7 Å². The van der Waals surface area contributed by atoms with Crippen LogP contribution in [0.5, 0.6) is 0 Å². The zero-order chi connectivity index (χ0) is 22.9. The molecule has 0 saturated carbocycles. The van der Waals surface area contributed by atoms with Gasteiger partial charge in [-0.05, 0) is 59.7 Å². The summed E-state index contributed by atoms with van der Waals surface area (Å²) < 4.78 is 33.6. The number of methoxy groups -OCH3 is 1. The summed E-state index contributed by atoms with van der Waals surface area (Å²) in [6, 6.07) is 16.2. The molecule has 2 aromatic carbocycles. The van der Waals surface area contributed by atoms with Crippen LogP contribution in [0.25, 0.3) is 5.57 Å². The highest BCUT2D eigenvalue weighted by atomic mass is 127. The fourth-order valence-electron chi connectivity index (χ4n) is 2.71. The number of aryl methyl sites for hydroxylation is 1. The zero-order valence-electron chi connectivity index (χ0n) is 17.8. The summed E-state index contributed by atoms with van der Waals surface area (Å²) in [5.41, 5.74) is 2.47. The van der Waals surface area contributed by atoms with Gasteiger partial charge < -0.3 is 4.74 Å². The molecule has 164 valence electrons. The van der Waals surface area contributed by atoms with Gasteiger partial charge in [-0.2, -0.15) is 4.31 Å². The number of rotatable bonds is 9. The van der Waals surface area contributed by atoms with E-state index in [-0.39, 0.29) is 18.0 Å². The normalized spacial score (nSPS) is 13.1. The van der Waals surface area contributed by atoms with Crippen LogP contribution in [0, 0.1) is 6.92 Å². The zero-order valence-corrected chi connectivity index (χ0v) is 20.8. The third-order valence-corrected chi connectivity index (χ3v) is 7.28. The Morgan fingerprint density at radius 2 is 1.74 bits per heavy atom. The summed E-state index contributed by atoms with van der Waals surface area (Å²) in [6.45, 7) is 4.21. The van der Waals surface area contributed by atoms with E-state index in [1.54, 1.807) is 36.4 Å². The van der Waals surface area contributed by atoms with E-state index < -0.39 is 16.0 Å². The van der Waals surface area contributed by atoms with Gasteiger partial charge in [-0.25, -0.2) is 13.2 Å². The van der Waals surface area contributed by atoms with Crippen LogP contribution in [-0.4, -0.2) is 38.9 Å². The number of esters is 1. The number of hydrogen-bond acceptors (Lipinski definition) is 4. The van der Waals surface area contributed by atoms with Crippen molar-refractivity contribution in [3.8, 4) is 0 Å². The molecule has 0 amide bonds. The molecule has 0 aromatic heterocycles. The van der Waals surface area contributed by atoms with Crippen LogP contribution < -0.4 is 0 Å². The van der Waals surface area contributed by atoms with Crippen LogP contribution >= 0.6 is 22.6 Å². The van der Waals surface area contributed by atoms with Crippen molar-refractivity contribution in [1.29, 1.82) is 0 Å². The van der Waals surface area contributed by atoms with Gasteiger partial charge >= 0.3 is 5.97 Å². The molecule has 0 radical (unpaired) electrons. The third kappa shape index (κ3) is 7.45. The summed E-state index contributed by atoms with van der Waals surface area (Å²) in [4.78, 5) is 12.1. The first-order chi connectivity index (χ1) is 14.8. The van der Waals surface area contributed by atoms with E-state index in [9.17, 15) is 13.2 Å². The minimum Gasteiger partial charge on any atom is -0.466 e. The van der Waals surface area contributed by atoms with E-state index >= 15 is 0 Å². The lowest BCUT2D eigenvalue weighted by molar-refractivity contribution is -0.134. The van der Waals surface area contributed by atoms with Crippen molar-refractivity contribution < 1.29 is 17.9 Å². The molecule has 0 N–H and O–H groups in total. The maximum Gasteiger partial charge on any atom is 0.331 e. The summed E-state index contributed by atoms with van der Waals surface area (Å²) in [5.74, 6) is -0.476. The lowest BCUT2D eigenvalue weighted by atomic mass is 10.1. The Bertz CT molecular complexity index is 1070. The molecule has 0 aliphatic rings. The van der Waals surface area contributed by atoms with Crippen LogP contribution in [0.3, 0.4) is 0 Å². The number of halogens is 1. The fourth-order valence-corrected chi connectivity index (χ4v) is 4.72. The van der Waals surface area contributed by atoms with Gasteiger partial charge in [-0.1, -0.05) is 66.3 Å². The number of hydrogen-bond donors (Lipinski definition) is 0. The molecular weight excluding hydrogens is 525 g/mol. The van der Waals surface area contributed by atoms with Gasteiger partial charge in [-0.3, -0.25) is 0 Å². The first-order valence-corrected chi connectivity index (χ1v) is 12.2. The van der Waals surface area contributed by atoms with Gasteiger partial charge in [0, 0.05) is 22.7 Å². The van der Waals surface area contributed by atoms with Gasteiger partial charge in [0.1, 0.15) is 0 Å². The van der Waals surface area contributed by atoms with Crippen LogP contribution in [-0.2, 0) is 19.6 Å². The maximum absolute atomic E-state index is 13.2. The number of carbonyl (C=O) groups is 1. The molecule has 0 saturated heterocycles. The number of carbonyl (C=O) groups excluding carboxylic acids is 1. The van der Waals surface area contributed by atoms with Gasteiger partial charge in [0.05, 0.1) is 12.0 Å². The molecular formula is C24H26INO4S. The van der Waals surface area contributed by atoms with Crippen molar-refractivity contribution >= 4 is 44.2 Å². The molecule has 0 aliphatic carbocycles. The third-order valence-electron chi connectivity index (χ3n) is 4.49. The van der Waals surface area contributed by atoms with Crippen molar-refractivity contribution in [3.05, 3.63) is 93.6 Å². The van der Waals surface area contributed by atoms with Gasteiger partial charge in [0.15, 0.2) is 0 Å². The molecule has 0 atom stereocenters. The minimum atomic E-state index is -3.69. The minimum absolute atomic E-state index is 0.155. The number of nitrogens with zero attached hydrogens (tertiary/aromatic N) is 1. The molecule has 0 fully saturated rings. The molecule has 0 unspecified atom stereocenters.